The van der Waals surface area contributed by atoms with Crippen LogP contribution in [0.3, 0.4) is 0 Å². The molecule has 2 aromatic rings. The molecule has 0 fully saturated rings. The Labute approximate surface area is 111 Å². The van der Waals surface area contributed by atoms with Gasteiger partial charge in [-0.05, 0) is 35.4 Å². The number of nitrogens with zero attached hydrogens (tertiary/aromatic N) is 1. The van der Waals surface area contributed by atoms with Gasteiger partial charge < -0.3 is 5.11 Å². The highest BCUT2D eigenvalue weighted by Crippen LogP contribution is 2.35. The quantitative estimate of drug-likeness (QED) is 0.669. The molecule has 0 aliphatic carbocycles. The maximum Gasteiger partial charge on any atom is 0.416 e. The summed E-state index contributed by atoms with van der Waals surface area (Å²) < 4.78 is 37.8. The highest BCUT2D eigenvalue weighted by molar-refractivity contribution is 5.68. The molecule has 0 saturated heterocycles. The van der Waals surface area contributed by atoms with Gasteiger partial charge in [0.1, 0.15) is 0 Å². The second-order valence-corrected chi connectivity index (χ2v) is 4.04. The summed E-state index contributed by atoms with van der Waals surface area (Å²) in [5.41, 5.74) is -0.849. The predicted molar refractivity (Wildman–Crippen MR) is 65.2 cm³/mol. The average molecular weight is 283 g/mol. The summed E-state index contributed by atoms with van der Waals surface area (Å²) in [6.07, 6.45) is -4.47. The van der Waals surface area contributed by atoms with Crippen molar-refractivity contribution in [2.45, 2.75) is 6.18 Å². The highest BCUT2D eigenvalue weighted by atomic mass is 19.4. The van der Waals surface area contributed by atoms with Crippen molar-refractivity contribution in [2.75, 3.05) is 0 Å². The predicted octanol–water partition coefficient (Wildman–Crippen LogP) is 3.99. The zero-order valence-corrected chi connectivity index (χ0v) is 9.89. The SMILES string of the molecule is O=[N+]([O-])c1ccc(-c2cccc(C(F)(F)F)c2)cc1O. The summed E-state index contributed by atoms with van der Waals surface area (Å²) in [4.78, 5) is 9.78. The number of nitro benzene ring substituents is 1. The molecular formula is C13H8F3NO3. The fourth-order valence-electron chi connectivity index (χ4n) is 1.73. The number of nitro groups is 1. The first-order chi connectivity index (χ1) is 9.29. The van der Waals surface area contributed by atoms with Crippen LogP contribution in [0.15, 0.2) is 42.5 Å². The average Bonchev–Trinajstić information content (AvgIpc) is 2.37. The monoisotopic (exact) mass is 283 g/mol. The number of phenols is 1. The summed E-state index contributed by atoms with van der Waals surface area (Å²) in [6.45, 7) is 0. The molecule has 0 spiro atoms. The molecule has 104 valence electrons. The molecule has 20 heavy (non-hydrogen) atoms. The van der Waals surface area contributed by atoms with E-state index in [1.807, 2.05) is 0 Å². The van der Waals surface area contributed by atoms with Crippen molar-refractivity contribution < 1.29 is 23.2 Å². The number of benzene rings is 2. The van der Waals surface area contributed by atoms with Crippen LogP contribution in [0, 0.1) is 10.1 Å². The Hall–Kier alpha value is -2.57. The molecule has 0 aliphatic heterocycles. The van der Waals surface area contributed by atoms with Gasteiger partial charge in [-0.1, -0.05) is 12.1 Å². The molecule has 0 heterocycles. The summed E-state index contributed by atoms with van der Waals surface area (Å²) in [5, 5.41) is 20.0. The smallest absolute Gasteiger partial charge is 0.416 e. The molecule has 0 amide bonds. The first kappa shape index (κ1) is 13.9. The van der Waals surface area contributed by atoms with Gasteiger partial charge in [0, 0.05) is 6.07 Å². The van der Waals surface area contributed by atoms with E-state index >= 15 is 0 Å². The Morgan fingerprint density at radius 2 is 1.70 bits per heavy atom. The molecule has 0 aromatic heterocycles. The van der Waals surface area contributed by atoms with Crippen molar-refractivity contribution in [1.29, 1.82) is 0 Å². The third kappa shape index (κ3) is 2.71. The molecule has 0 aliphatic rings. The van der Waals surface area contributed by atoms with Crippen molar-refractivity contribution in [3.63, 3.8) is 0 Å². The maximum absolute atomic E-state index is 12.6. The minimum Gasteiger partial charge on any atom is -0.502 e. The lowest BCUT2D eigenvalue weighted by atomic mass is 10.0. The minimum atomic E-state index is -4.47. The van der Waals surface area contributed by atoms with E-state index < -0.39 is 28.1 Å². The maximum atomic E-state index is 12.6. The van der Waals surface area contributed by atoms with E-state index in [4.69, 9.17) is 0 Å². The topological polar surface area (TPSA) is 63.4 Å². The highest BCUT2D eigenvalue weighted by Gasteiger charge is 2.30. The van der Waals surface area contributed by atoms with Gasteiger partial charge in [-0.15, -0.1) is 0 Å². The normalized spacial score (nSPS) is 11.3. The Morgan fingerprint density at radius 1 is 1.05 bits per heavy atom. The third-order valence-corrected chi connectivity index (χ3v) is 2.70. The third-order valence-electron chi connectivity index (χ3n) is 2.70. The van der Waals surface area contributed by atoms with E-state index in [9.17, 15) is 28.4 Å². The first-order valence-corrected chi connectivity index (χ1v) is 5.44. The van der Waals surface area contributed by atoms with Gasteiger partial charge in [0.15, 0.2) is 5.75 Å². The molecule has 0 unspecified atom stereocenters. The van der Waals surface area contributed by atoms with Gasteiger partial charge in [-0.2, -0.15) is 13.2 Å². The summed E-state index contributed by atoms with van der Waals surface area (Å²) in [7, 11) is 0. The van der Waals surface area contributed by atoms with Gasteiger partial charge >= 0.3 is 11.9 Å². The molecule has 1 N–H and O–H groups in total. The van der Waals surface area contributed by atoms with Crippen LogP contribution in [0.2, 0.25) is 0 Å². The van der Waals surface area contributed by atoms with Crippen LogP contribution in [0.1, 0.15) is 5.56 Å². The lowest BCUT2D eigenvalue weighted by Crippen LogP contribution is -2.04. The van der Waals surface area contributed by atoms with E-state index in [2.05, 4.69) is 0 Å². The van der Waals surface area contributed by atoms with E-state index in [1.165, 1.54) is 18.2 Å². The summed E-state index contributed by atoms with van der Waals surface area (Å²) in [6, 6.07) is 7.90. The number of rotatable bonds is 2. The van der Waals surface area contributed by atoms with Gasteiger partial charge in [-0.3, -0.25) is 10.1 Å². The number of halogens is 3. The molecule has 4 nitrogen and oxygen atoms in total. The fraction of sp³-hybridized carbons (Fsp3) is 0.0769. The largest absolute Gasteiger partial charge is 0.502 e. The molecule has 0 radical (unpaired) electrons. The Balaban J connectivity index is 2.47. The molecular weight excluding hydrogens is 275 g/mol. The Morgan fingerprint density at radius 3 is 2.25 bits per heavy atom. The van der Waals surface area contributed by atoms with Crippen LogP contribution in [0.5, 0.6) is 5.75 Å². The van der Waals surface area contributed by atoms with Crippen LogP contribution in [-0.4, -0.2) is 10.0 Å². The number of aromatic hydroxyl groups is 1. The molecule has 7 heteroatoms. The fourth-order valence-corrected chi connectivity index (χ4v) is 1.73. The van der Waals surface area contributed by atoms with Gasteiger partial charge in [0.05, 0.1) is 10.5 Å². The second kappa shape index (κ2) is 4.84. The van der Waals surface area contributed by atoms with Crippen LogP contribution in [0.4, 0.5) is 18.9 Å². The first-order valence-electron chi connectivity index (χ1n) is 5.44. The molecule has 0 bridgehead atoms. The molecule has 0 saturated carbocycles. The number of alkyl halides is 3. The Bertz CT molecular complexity index is 668. The van der Waals surface area contributed by atoms with E-state index in [1.54, 1.807) is 0 Å². The number of phenolic OH excluding ortho intramolecular Hbond substituents is 1. The van der Waals surface area contributed by atoms with Crippen molar-refractivity contribution in [2.24, 2.45) is 0 Å². The lowest BCUT2D eigenvalue weighted by molar-refractivity contribution is -0.385. The van der Waals surface area contributed by atoms with Crippen molar-refractivity contribution >= 4 is 5.69 Å². The van der Waals surface area contributed by atoms with Gasteiger partial charge in [0.25, 0.3) is 0 Å². The standard InChI is InChI=1S/C13H8F3NO3/c14-13(15,16)10-3-1-2-8(6-10)9-4-5-11(17(19)20)12(18)7-9/h1-7,18H. The van der Waals surface area contributed by atoms with E-state index in [0.29, 0.717) is 0 Å². The van der Waals surface area contributed by atoms with Crippen molar-refractivity contribution in [3.8, 4) is 16.9 Å². The minimum absolute atomic E-state index is 0.213. The zero-order chi connectivity index (χ0) is 14.9. The van der Waals surface area contributed by atoms with Gasteiger partial charge in [-0.25, -0.2) is 0 Å². The van der Waals surface area contributed by atoms with E-state index in [-0.39, 0.29) is 11.1 Å². The Kier molecular flexibility index (Phi) is 3.35. The zero-order valence-electron chi connectivity index (χ0n) is 9.89. The van der Waals surface area contributed by atoms with Crippen LogP contribution in [-0.2, 0) is 6.18 Å². The molecule has 2 aromatic carbocycles. The van der Waals surface area contributed by atoms with Crippen molar-refractivity contribution in [3.05, 3.63) is 58.1 Å². The number of hydrogen-bond donors (Lipinski definition) is 1. The van der Waals surface area contributed by atoms with Gasteiger partial charge in [0.2, 0.25) is 0 Å². The molecule has 2 rings (SSSR count). The van der Waals surface area contributed by atoms with Crippen LogP contribution >= 0.6 is 0 Å². The summed E-state index contributed by atoms with van der Waals surface area (Å²) >= 11 is 0. The second-order valence-electron chi connectivity index (χ2n) is 4.04. The lowest BCUT2D eigenvalue weighted by Gasteiger charge is -2.09. The van der Waals surface area contributed by atoms with Crippen LogP contribution < -0.4 is 0 Å². The number of hydrogen-bond acceptors (Lipinski definition) is 3. The van der Waals surface area contributed by atoms with Crippen LogP contribution in [0.25, 0.3) is 11.1 Å². The van der Waals surface area contributed by atoms with E-state index in [0.717, 1.165) is 24.3 Å². The van der Waals surface area contributed by atoms with Crippen molar-refractivity contribution in [1.82, 2.24) is 0 Å². The summed E-state index contributed by atoms with van der Waals surface area (Å²) in [5.74, 6) is -0.593. The molecule has 0 atom stereocenters.